The van der Waals surface area contributed by atoms with E-state index < -0.39 is 10.2 Å². The van der Waals surface area contributed by atoms with E-state index in [1.54, 1.807) is 13.0 Å². The van der Waals surface area contributed by atoms with E-state index >= 15 is 0 Å². The molecule has 3 nitrogen and oxygen atoms in total. The third-order valence-electron chi connectivity index (χ3n) is 8.39. The zero-order valence-corrected chi connectivity index (χ0v) is 16.9. The molecule has 4 heteroatoms. The third kappa shape index (κ3) is 2.18. The van der Waals surface area contributed by atoms with Gasteiger partial charge in [-0.3, -0.25) is 14.4 Å². The Morgan fingerprint density at radius 2 is 1.84 bits per heavy atom. The van der Waals surface area contributed by atoms with Gasteiger partial charge in [-0.15, -0.1) is 0 Å². The van der Waals surface area contributed by atoms with Crippen LogP contribution in [0, 0.1) is 34.5 Å². The molecular formula is C21H27BrO3. The molecular weight excluding hydrogens is 380 g/mol. The van der Waals surface area contributed by atoms with Gasteiger partial charge in [0.15, 0.2) is 11.6 Å². The smallest absolute Gasteiger partial charge is 0.176 e. The van der Waals surface area contributed by atoms with Gasteiger partial charge in [-0.25, -0.2) is 0 Å². The van der Waals surface area contributed by atoms with Crippen LogP contribution in [0.1, 0.15) is 59.3 Å². The third-order valence-corrected chi connectivity index (χ3v) is 9.26. The number of fused-ring (bicyclic) bond motifs is 5. The van der Waals surface area contributed by atoms with Crippen molar-refractivity contribution in [1.29, 1.82) is 0 Å². The van der Waals surface area contributed by atoms with Crippen molar-refractivity contribution in [2.45, 2.75) is 64.1 Å². The van der Waals surface area contributed by atoms with Gasteiger partial charge in [0.05, 0.1) is 5.41 Å². The molecule has 3 saturated carbocycles. The SMILES string of the molecule is CC(=O)[C@H]1CC[C@H]2[C@@H]3CCC4=CC(=O)C(Br)C(=O)[C@]4(C)[C@H]3CC[C@]12C. The summed E-state index contributed by atoms with van der Waals surface area (Å²) in [5, 5.41) is 0. The van der Waals surface area contributed by atoms with Crippen LogP contribution in [0.25, 0.3) is 0 Å². The first-order chi connectivity index (χ1) is 11.7. The highest BCUT2D eigenvalue weighted by Gasteiger charge is 2.62. The molecule has 0 aromatic carbocycles. The zero-order valence-electron chi connectivity index (χ0n) is 15.3. The van der Waals surface area contributed by atoms with Crippen LogP contribution in [0.15, 0.2) is 11.6 Å². The zero-order chi connectivity index (χ0) is 18.1. The highest BCUT2D eigenvalue weighted by Crippen LogP contribution is 2.66. The van der Waals surface area contributed by atoms with Crippen LogP contribution in [0.5, 0.6) is 0 Å². The topological polar surface area (TPSA) is 51.2 Å². The Balaban J connectivity index is 1.73. The number of allylic oxidation sites excluding steroid dienone is 1. The first-order valence-electron chi connectivity index (χ1n) is 9.65. The average Bonchev–Trinajstić information content (AvgIpc) is 2.92. The second kappa shape index (κ2) is 5.61. The summed E-state index contributed by atoms with van der Waals surface area (Å²) < 4.78 is 0. The standard InChI is InChI=1S/C21H27BrO3/c1-11(23)14-6-7-15-13-5-4-12-10-17(24)18(22)19(25)21(12,3)16(13)8-9-20(14,15)2/h10,13-16,18H,4-9H2,1-3H3/t13-,14+,15-,16-,18?,20+,21-/m0/s1. The minimum Gasteiger partial charge on any atom is -0.300 e. The molecule has 1 unspecified atom stereocenters. The highest BCUT2D eigenvalue weighted by atomic mass is 79.9. The molecule has 0 aromatic rings. The fourth-order valence-corrected chi connectivity index (χ4v) is 7.70. The van der Waals surface area contributed by atoms with Gasteiger partial charge >= 0.3 is 0 Å². The Morgan fingerprint density at radius 3 is 2.52 bits per heavy atom. The van der Waals surface area contributed by atoms with E-state index in [4.69, 9.17) is 0 Å². The van der Waals surface area contributed by atoms with E-state index in [0.717, 1.165) is 44.1 Å². The maximum absolute atomic E-state index is 13.1. The predicted octanol–water partition coefficient (Wildman–Crippen LogP) is 4.28. The number of carbonyl (C=O) groups excluding carboxylic acids is 3. The molecule has 0 aromatic heterocycles. The van der Waals surface area contributed by atoms with E-state index in [2.05, 4.69) is 29.8 Å². The molecule has 4 rings (SSSR count). The van der Waals surface area contributed by atoms with E-state index in [-0.39, 0.29) is 22.9 Å². The Morgan fingerprint density at radius 1 is 1.12 bits per heavy atom. The Hall–Kier alpha value is -0.770. The summed E-state index contributed by atoms with van der Waals surface area (Å²) in [7, 11) is 0. The molecule has 0 N–H and O–H groups in total. The molecule has 4 aliphatic carbocycles. The summed E-state index contributed by atoms with van der Waals surface area (Å²) >= 11 is 3.34. The summed E-state index contributed by atoms with van der Waals surface area (Å²) in [4.78, 5) is 36.8. The minimum atomic E-state index is -0.679. The molecule has 0 aliphatic heterocycles. The Kier molecular flexibility index (Phi) is 3.96. The van der Waals surface area contributed by atoms with Crippen molar-refractivity contribution in [2.75, 3.05) is 0 Å². The summed E-state index contributed by atoms with van der Waals surface area (Å²) in [6, 6.07) is 0. The monoisotopic (exact) mass is 406 g/mol. The molecule has 7 atom stereocenters. The lowest BCUT2D eigenvalue weighted by atomic mass is 9.46. The molecule has 0 heterocycles. The molecule has 0 radical (unpaired) electrons. The molecule has 0 saturated heterocycles. The fourth-order valence-electron chi connectivity index (χ4n) is 7.10. The normalized spacial score (nSPS) is 49.1. The van der Waals surface area contributed by atoms with Crippen LogP contribution in [0.3, 0.4) is 0 Å². The lowest BCUT2D eigenvalue weighted by Crippen LogP contribution is -2.56. The number of hydrogen-bond donors (Lipinski definition) is 0. The summed E-state index contributed by atoms with van der Waals surface area (Å²) in [5.74, 6) is 1.86. The van der Waals surface area contributed by atoms with E-state index in [1.807, 2.05) is 0 Å². The van der Waals surface area contributed by atoms with E-state index in [9.17, 15) is 14.4 Å². The predicted molar refractivity (Wildman–Crippen MR) is 99.4 cm³/mol. The van der Waals surface area contributed by atoms with Crippen LogP contribution >= 0.6 is 15.9 Å². The summed E-state index contributed by atoms with van der Waals surface area (Å²) in [6.45, 7) is 6.15. The van der Waals surface area contributed by atoms with E-state index in [1.165, 1.54) is 0 Å². The van der Waals surface area contributed by atoms with Gasteiger partial charge in [0, 0.05) is 5.92 Å². The number of Topliss-reactive ketones (excluding diaryl/α,β-unsaturated/α-hetero) is 2. The van der Waals surface area contributed by atoms with Crippen LogP contribution in [-0.4, -0.2) is 22.2 Å². The van der Waals surface area contributed by atoms with Gasteiger partial charge in [0.25, 0.3) is 0 Å². The van der Waals surface area contributed by atoms with E-state index in [0.29, 0.717) is 23.5 Å². The largest absolute Gasteiger partial charge is 0.300 e. The van der Waals surface area contributed by atoms with Gasteiger partial charge in [0.1, 0.15) is 10.6 Å². The van der Waals surface area contributed by atoms with Crippen LogP contribution < -0.4 is 0 Å². The molecule has 25 heavy (non-hydrogen) atoms. The van der Waals surface area contributed by atoms with Crippen molar-refractivity contribution in [1.82, 2.24) is 0 Å². The molecule has 0 amide bonds. The van der Waals surface area contributed by atoms with Crippen LogP contribution in [-0.2, 0) is 14.4 Å². The number of hydrogen-bond acceptors (Lipinski definition) is 3. The van der Waals surface area contributed by atoms with Crippen molar-refractivity contribution in [3.05, 3.63) is 11.6 Å². The first-order valence-corrected chi connectivity index (χ1v) is 10.6. The fraction of sp³-hybridized carbons (Fsp3) is 0.762. The molecule has 0 bridgehead atoms. The Labute approximate surface area is 158 Å². The van der Waals surface area contributed by atoms with Crippen molar-refractivity contribution in [2.24, 2.45) is 34.5 Å². The average molecular weight is 407 g/mol. The van der Waals surface area contributed by atoms with Gasteiger partial charge in [0.2, 0.25) is 0 Å². The molecule has 4 aliphatic rings. The lowest BCUT2D eigenvalue weighted by molar-refractivity contribution is -0.141. The van der Waals surface area contributed by atoms with Crippen molar-refractivity contribution in [3.8, 4) is 0 Å². The van der Waals surface area contributed by atoms with Crippen LogP contribution in [0.2, 0.25) is 0 Å². The number of alkyl halides is 1. The van der Waals surface area contributed by atoms with Crippen molar-refractivity contribution >= 4 is 33.3 Å². The highest BCUT2D eigenvalue weighted by molar-refractivity contribution is 9.10. The second-order valence-corrected chi connectivity index (χ2v) is 10.1. The molecule has 0 spiro atoms. The minimum absolute atomic E-state index is 0.0643. The quantitative estimate of drug-likeness (QED) is 0.482. The molecule has 3 fully saturated rings. The van der Waals surface area contributed by atoms with Gasteiger partial charge in [-0.2, -0.15) is 0 Å². The summed E-state index contributed by atoms with van der Waals surface area (Å²) in [5.41, 5.74) is 0.663. The number of carbonyl (C=O) groups is 3. The Bertz CT molecular complexity index is 695. The summed E-state index contributed by atoms with van der Waals surface area (Å²) in [6.07, 6.45) is 7.80. The van der Waals surface area contributed by atoms with Crippen molar-refractivity contribution in [3.63, 3.8) is 0 Å². The number of ketones is 3. The number of rotatable bonds is 1. The maximum atomic E-state index is 13.1. The number of halogens is 1. The lowest BCUT2D eigenvalue weighted by Gasteiger charge is -2.57. The van der Waals surface area contributed by atoms with Crippen molar-refractivity contribution < 1.29 is 14.4 Å². The first kappa shape index (κ1) is 17.6. The maximum Gasteiger partial charge on any atom is 0.176 e. The van der Waals surface area contributed by atoms with Gasteiger partial charge in [-0.1, -0.05) is 28.4 Å². The molecule has 136 valence electrons. The van der Waals surface area contributed by atoms with Gasteiger partial charge in [-0.05, 0) is 81.6 Å². The second-order valence-electron chi connectivity index (χ2n) is 9.20. The van der Waals surface area contributed by atoms with Crippen LogP contribution in [0.4, 0.5) is 0 Å². The van der Waals surface area contributed by atoms with Gasteiger partial charge < -0.3 is 0 Å².